The van der Waals surface area contributed by atoms with Gasteiger partial charge in [0.2, 0.25) is 5.91 Å². The zero-order valence-corrected chi connectivity index (χ0v) is 18.8. The Kier molecular flexibility index (Phi) is 6.97. The highest BCUT2D eigenvalue weighted by molar-refractivity contribution is 7.13. The quantitative estimate of drug-likeness (QED) is 0.719. The lowest BCUT2D eigenvalue weighted by Crippen LogP contribution is -2.52. The predicted octanol–water partition coefficient (Wildman–Crippen LogP) is 3.83. The average molecular weight is 432 g/mol. The number of carbonyl (C=O) groups excluding carboxylic acids is 2. The Morgan fingerprint density at radius 2 is 1.70 bits per heavy atom. The zero-order valence-electron chi connectivity index (χ0n) is 18.0. The molecule has 0 saturated carbocycles. The number of thiazole rings is 1. The van der Waals surface area contributed by atoms with Crippen LogP contribution in [0.1, 0.15) is 33.4 Å². The van der Waals surface area contributed by atoms with E-state index in [-0.39, 0.29) is 18.4 Å². The van der Waals surface area contributed by atoms with E-state index in [1.807, 2.05) is 57.3 Å². The van der Waals surface area contributed by atoms with Crippen molar-refractivity contribution in [2.75, 3.05) is 32.8 Å². The molecule has 2 amide bonds. The van der Waals surface area contributed by atoms with Gasteiger partial charge in [-0.2, -0.15) is 0 Å². The molecule has 1 fully saturated rings. The summed E-state index contributed by atoms with van der Waals surface area (Å²) in [5.41, 5.74) is 1.26. The van der Waals surface area contributed by atoms with Crippen molar-refractivity contribution in [3.05, 3.63) is 35.3 Å². The molecule has 1 saturated heterocycles. The minimum Gasteiger partial charge on any atom is -0.494 e. The van der Waals surface area contributed by atoms with E-state index < -0.39 is 5.60 Å². The van der Waals surface area contributed by atoms with Gasteiger partial charge in [-0.1, -0.05) is 0 Å². The highest BCUT2D eigenvalue weighted by atomic mass is 32.1. The van der Waals surface area contributed by atoms with E-state index in [1.54, 1.807) is 9.80 Å². The second-order valence-corrected chi connectivity index (χ2v) is 8.98. The van der Waals surface area contributed by atoms with E-state index in [0.717, 1.165) is 22.0 Å². The van der Waals surface area contributed by atoms with Gasteiger partial charge in [0.15, 0.2) is 0 Å². The van der Waals surface area contributed by atoms with E-state index in [0.29, 0.717) is 32.8 Å². The largest absolute Gasteiger partial charge is 0.494 e. The lowest BCUT2D eigenvalue weighted by Gasteiger charge is -2.35. The van der Waals surface area contributed by atoms with Crippen LogP contribution in [0.5, 0.6) is 5.75 Å². The van der Waals surface area contributed by atoms with E-state index in [1.165, 1.54) is 11.3 Å². The van der Waals surface area contributed by atoms with Crippen LogP contribution in [0.25, 0.3) is 10.6 Å². The van der Waals surface area contributed by atoms with Crippen molar-refractivity contribution in [3.8, 4) is 16.3 Å². The van der Waals surface area contributed by atoms with Gasteiger partial charge < -0.3 is 19.3 Å². The van der Waals surface area contributed by atoms with Gasteiger partial charge in [-0.15, -0.1) is 11.3 Å². The van der Waals surface area contributed by atoms with Gasteiger partial charge >= 0.3 is 6.09 Å². The maximum Gasteiger partial charge on any atom is 0.410 e. The zero-order chi connectivity index (χ0) is 21.7. The highest BCUT2D eigenvalue weighted by Crippen LogP contribution is 2.26. The summed E-state index contributed by atoms with van der Waals surface area (Å²) in [6, 6.07) is 7.81. The Morgan fingerprint density at radius 3 is 2.30 bits per heavy atom. The molecule has 8 heteroatoms. The standard InChI is InChI=1S/C22H29N3O4S/c1-5-28-18-8-6-16(7-9-18)20-23-17(15-30-20)14-19(26)24-10-12-25(13-11-24)21(27)29-22(2,3)4/h6-9,15H,5,10-14H2,1-4H3. The number of hydrogen-bond acceptors (Lipinski definition) is 6. The summed E-state index contributed by atoms with van der Waals surface area (Å²) < 4.78 is 10.9. The Morgan fingerprint density at radius 1 is 1.07 bits per heavy atom. The fourth-order valence-corrected chi connectivity index (χ4v) is 3.94. The Hall–Kier alpha value is -2.61. The normalized spacial score (nSPS) is 14.5. The molecule has 2 aromatic rings. The number of amides is 2. The van der Waals surface area contributed by atoms with Crippen molar-refractivity contribution in [1.29, 1.82) is 0 Å². The molecule has 0 atom stereocenters. The lowest BCUT2D eigenvalue weighted by molar-refractivity contribution is -0.132. The van der Waals surface area contributed by atoms with Crippen LogP contribution >= 0.6 is 11.3 Å². The van der Waals surface area contributed by atoms with Gasteiger partial charge in [-0.05, 0) is 52.0 Å². The maximum atomic E-state index is 12.7. The van der Waals surface area contributed by atoms with Gasteiger partial charge in [0.05, 0.1) is 18.7 Å². The van der Waals surface area contributed by atoms with E-state index in [4.69, 9.17) is 9.47 Å². The van der Waals surface area contributed by atoms with Crippen molar-refractivity contribution in [2.45, 2.75) is 39.7 Å². The van der Waals surface area contributed by atoms with Crippen molar-refractivity contribution in [1.82, 2.24) is 14.8 Å². The summed E-state index contributed by atoms with van der Waals surface area (Å²) in [5.74, 6) is 0.862. The number of rotatable bonds is 5. The maximum absolute atomic E-state index is 12.7. The molecule has 0 bridgehead atoms. The van der Waals surface area contributed by atoms with Crippen LogP contribution in [-0.2, 0) is 16.0 Å². The molecule has 1 aliphatic heterocycles. The molecule has 162 valence electrons. The van der Waals surface area contributed by atoms with E-state index in [9.17, 15) is 9.59 Å². The lowest BCUT2D eigenvalue weighted by atomic mass is 10.2. The molecule has 0 unspecified atom stereocenters. The van der Waals surface area contributed by atoms with Crippen LogP contribution in [0.2, 0.25) is 0 Å². The summed E-state index contributed by atoms with van der Waals surface area (Å²) >= 11 is 1.53. The van der Waals surface area contributed by atoms with Crippen LogP contribution in [0.15, 0.2) is 29.6 Å². The molecule has 0 spiro atoms. The predicted molar refractivity (Wildman–Crippen MR) is 117 cm³/mol. The second-order valence-electron chi connectivity index (χ2n) is 8.13. The smallest absolute Gasteiger partial charge is 0.410 e. The monoisotopic (exact) mass is 431 g/mol. The van der Waals surface area contributed by atoms with Crippen LogP contribution in [0.3, 0.4) is 0 Å². The third kappa shape index (κ3) is 5.95. The number of piperazine rings is 1. The first-order valence-corrected chi connectivity index (χ1v) is 11.1. The van der Waals surface area contributed by atoms with Crippen LogP contribution in [0, 0.1) is 0 Å². The third-order valence-electron chi connectivity index (χ3n) is 4.58. The number of benzene rings is 1. The number of carbonyl (C=O) groups is 2. The summed E-state index contributed by atoms with van der Waals surface area (Å²) in [4.78, 5) is 32.9. The summed E-state index contributed by atoms with van der Waals surface area (Å²) in [6.07, 6.45) is -0.0611. The van der Waals surface area contributed by atoms with Crippen molar-refractivity contribution < 1.29 is 19.1 Å². The van der Waals surface area contributed by atoms with Crippen molar-refractivity contribution >= 4 is 23.3 Å². The summed E-state index contributed by atoms with van der Waals surface area (Å²) in [7, 11) is 0. The fourth-order valence-electron chi connectivity index (χ4n) is 3.11. The van der Waals surface area contributed by atoms with Crippen LogP contribution < -0.4 is 4.74 Å². The second kappa shape index (κ2) is 9.47. The van der Waals surface area contributed by atoms with Crippen LogP contribution in [-0.4, -0.2) is 65.2 Å². The summed E-state index contributed by atoms with van der Waals surface area (Å²) in [5, 5.41) is 2.82. The number of nitrogens with zero attached hydrogens (tertiary/aromatic N) is 3. The van der Waals surface area contributed by atoms with Gasteiger partial charge in [0, 0.05) is 37.1 Å². The van der Waals surface area contributed by atoms with Gasteiger partial charge in [0.1, 0.15) is 16.4 Å². The molecule has 7 nitrogen and oxygen atoms in total. The summed E-state index contributed by atoms with van der Waals surface area (Å²) in [6.45, 7) is 10.1. The van der Waals surface area contributed by atoms with Gasteiger partial charge in [0.25, 0.3) is 0 Å². The molecule has 0 aliphatic carbocycles. The molecule has 1 aromatic heterocycles. The molecule has 1 aliphatic rings. The number of aromatic nitrogens is 1. The molecular weight excluding hydrogens is 402 g/mol. The first kappa shape index (κ1) is 22.1. The average Bonchev–Trinajstić information content (AvgIpc) is 3.16. The Bertz CT molecular complexity index is 865. The molecule has 1 aromatic carbocycles. The highest BCUT2D eigenvalue weighted by Gasteiger charge is 2.27. The molecule has 30 heavy (non-hydrogen) atoms. The Balaban J connectivity index is 1.52. The van der Waals surface area contributed by atoms with E-state index in [2.05, 4.69) is 4.98 Å². The molecule has 0 N–H and O–H groups in total. The molecular formula is C22H29N3O4S. The van der Waals surface area contributed by atoms with Crippen molar-refractivity contribution in [3.63, 3.8) is 0 Å². The first-order valence-electron chi connectivity index (χ1n) is 10.2. The first-order chi connectivity index (χ1) is 14.2. The van der Waals surface area contributed by atoms with Crippen LogP contribution in [0.4, 0.5) is 4.79 Å². The SMILES string of the molecule is CCOc1ccc(-c2nc(CC(=O)N3CCN(C(=O)OC(C)(C)C)CC3)cs2)cc1. The number of ether oxygens (including phenoxy) is 2. The topological polar surface area (TPSA) is 72.0 Å². The fraction of sp³-hybridized carbons (Fsp3) is 0.500. The minimum absolute atomic E-state index is 0.0300. The Labute approximate surface area is 181 Å². The number of hydrogen-bond donors (Lipinski definition) is 0. The van der Waals surface area contributed by atoms with E-state index >= 15 is 0 Å². The molecule has 2 heterocycles. The van der Waals surface area contributed by atoms with Crippen molar-refractivity contribution in [2.24, 2.45) is 0 Å². The van der Waals surface area contributed by atoms with Gasteiger partial charge in [-0.3, -0.25) is 4.79 Å². The third-order valence-corrected chi connectivity index (χ3v) is 5.52. The molecule has 0 radical (unpaired) electrons. The van der Waals surface area contributed by atoms with Gasteiger partial charge in [-0.25, -0.2) is 9.78 Å². The molecule has 3 rings (SSSR count). The minimum atomic E-state index is -0.518.